The molecule has 2 unspecified atom stereocenters. The average molecular weight is 342 g/mol. The number of methoxy groups -OCH3 is 1. The molecule has 4 nitrogen and oxygen atoms in total. The molecule has 0 aromatic heterocycles. The Morgan fingerprint density at radius 1 is 1.45 bits per heavy atom. The number of ether oxygens (including phenoxy) is 1. The van der Waals surface area contributed by atoms with E-state index in [-0.39, 0.29) is 17.3 Å². The molecular weight excluding hydrogens is 322 g/mol. The predicted molar refractivity (Wildman–Crippen MR) is 88.8 cm³/mol. The minimum absolute atomic E-state index is 0.00720. The molecule has 1 amide bonds. The SMILES string of the molecule is CCCCC(=O)N1C(C(=O)OC)CSC1c1cccc(Cl)c1. The molecule has 22 heavy (non-hydrogen) atoms. The van der Waals surface area contributed by atoms with Crippen LogP contribution in [-0.4, -0.2) is 35.7 Å². The van der Waals surface area contributed by atoms with E-state index in [0.717, 1.165) is 18.4 Å². The summed E-state index contributed by atoms with van der Waals surface area (Å²) in [6.07, 6.45) is 2.20. The summed E-state index contributed by atoms with van der Waals surface area (Å²) in [6, 6.07) is 6.91. The van der Waals surface area contributed by atoms with Crippen molar-refractivity contribution in [2.24, 2.45) is 0 Å². The van der Waals surface area contributed by atoms with Crippen LogP contribution in [0.4, 0.5) is 0 Å². The molecule has 1 aliphatic rings. The van der Waals surface area contributed by atoms with Crippen molar-refractivity contribution < 1.29 is 14.3 Å². The van der Waals surface area contributed by atoms with Gasteiger partial charge in [0.05, 0.1) is 7.11 Å². The Hall–Kier alpha value is -1.20. The molecule has 2 rings (SSSR count). The second kappa shape index (κ2) is 7.88. The third-order valence-corrected chi connectivity index (χ3v) is 5.20. The van der Waals surface area contributed by atoms with Crippen molar-refractivity contribution in [3.63, 3.8) is 0 Å². The molecular formula is C16H20ClNO3S. The quantitative estimate of drug-likeness (QED) is 0.767. The number of benzene rings is 1. The van der Waals surface area contributed by atoms with Crippen LogP contribution in [0.2, 0.25) is 5.02 Å². The van der Waals surface area contributed by atoms with Gasteiger partial charge < -0.3 is 9.64 Å². The van der Waals surface area contributed by atoms with Gasteiger partial charge in [0.1, 0.15) is 11.4 Å². The lowest BCUT2D eigenvalue weighted by atomic mass is 10.1. The Morgan fingerprint density at radius 2 is 2.23 bits per heavy atom. The summed E-state index contributed by atoms with van der Waals surface area (Å²) in [5.41, 5.74) is 0.939. The number of hydrogen-bond acceptors (Lipinski definition) is 4. The van der Waals surface area contributed by atoms with Crippen molar-refractivity contribution in [3.8, 4) is 0 Å². The van der Waals surface area contributed by atoms with Gasteiger partial charge in [0.15, 0.2) is 0 Å². The first kappa shape index (κ1) is 17.2. The molecule has 0 spiro atoms. The van der Waals surface area contributed by atoms with Crippen LogP contribution in [0.3, 0.4) is 0 Å². The first-order chi connectivity index (χ1) is 10.6. The lowest BCUT2D eigenvalue weighted by molar-refractivity contribution is -0.151. The van der Waals surface area contributed by atoms with Crippen LogP contribution in [0.15, 0.2) is 24.3 Å². The van der Waals surface area contributed by atoms with Crippen molar-refractivity contribution in [2.75, 3.05) is 12.9 Å². The molecule has 1 aromatic carbocycles. The summed E-state index contributed by atoms with van der Waals surface area (Å²) < 4.78 is 4.85. The summed E-state index contributed by atoms with van der Waals surface area (Å²) in [5.74, 6) is 0.177. The van der Waals surface area contributed by atoms with Gasteiger partial charge in [-0.25, -0.2) is 4.79 Å². The number of unbranched alkanes of at least 4 members (excludes halogenated alkanes) is 1. The van der Waals surface area contributed by atoms with Crippen LogP contribution in [0.5, 0.6) is 0 Å². The highest BCUT2D eigenvalue weighted by atomic mass is 35.5. The van der Waals surface area contributed by atoms with Gasteiger partial charge in [-0.2, -0.15) is 0 Å². The summed E-state index contributed by atoms with van der Waals surface area (Å²) >= 11 is 7.63. The maximum Gasteiger partial charge on any atom is 0.329 e. The van der Waals surface area contributed by atoms with Crippen LogP contribution in [-0.2, 0) is 14.3 Å². The Bertz CT molecular complexity index is 552. The molecule has 120 valence electrons. The van der Waals surface area contributed by atoms with E-state index in [1.165, 1.54) is 7.11 Å². The van der Waals surface area contributed by atoms with Gasteiger partial charge in [-0.05, 0) is 24.1 Å². The average Bonchev–Trinajstić information content (AvgIpc) is 2.96. The van der Waals surface area contributed by atoms with E-state index in [0.29, 0.717) is 17.2 Å². The van der Waals surface area contributed by atoms with E-state index >= 15 is 0 Å². The van der Waals surface area contributed by atoms with Crippen LogP contribution < -0.4 is 0 Å². The van der Waals surface area contributed by atoms with Crippen molar-refractivity contribution in [1.82, 2.24) is 4.90 Å². The third-order valence-electron chi connectivity index (χ3n) is 3.64. The number of amides is 1. The van der Waals surface area contributed by atoms with E-state index in [2.05, 4.69) is 0 Å². The molecule has 2 atom stereocenters. The fourth-order valence-corrected chi connectivity index (χ4v) is 4.13. The summed E-state index contributed by atoms with van der Waals surface area (Å²) in [7, 11) is 1.36. The Labute approximate surface area is 140 Å². The number of carbonyl (C=O) groups excluding carboxylic acids is 2. The number of thioether (sulfide) groups is 1. The minimum Gasteiger partial charge on any atom is -0.467 e. The fraction of sp³-hybridized carbons (Fsp3) is 0.500. The van der Waals surface area contributed by atoms with Gasteiger partial charge in [0.2, 0.25) is 5.91 Å². The largest absolute Gasteiger partial charge is 0.467 e. The van der Waals surface area contributed by atoms with Gasteiger partial charge in [0, 0.05) is 17.2 Å². The number of hydrogen-bond donors (Lipinski definition) is 0. The Morgan fingerprint density at radius 3 is 2.86 bits per heavy atom. The highest BCUT2D eigenvalue weighted by molar-refractivity contribution is 7.99. The van der Waals surface area contributed by atoms with E-state index in [1.807, 2.05) is 25.1 Å². The van der Waals surface area contributed by atoms with Gasteiger partial charge in [0.25, 0.3) is 0 Å². The minimum atomic E-state index is -0.525. The molecule has 1 aliphatic heterocycles. The molecule has 0 bridgehead atoms. The maximum atomic E-state index is 12.6. The smallest absolute Gasteiger partial charge is 0.329 e. The third kappa shape index (κ3) is 3.76. The molecule has 1 fully saturated rings. The summed E-state index contributed by atoms with van der Waals surface area (Å²) in [5, 5.41) is 0.438. The lowest BCUT2D eigenvalue weighted by Gasteiger charge is -2.28. The molecule has 1 aromatic rings. The predicted octanol–water partition coefficient (Wildman–Crippen LogP) is 3.65. The van der Waals surface area contributed by atoms with Crippen LogP contribution in [0, 0.1) is 0 Å². The highest BCUT2D eigenvalue weighted by Crippen LogP contribution is 2.42. The molecule has 6 heteroatoms. The zero-order valence-electron chi connectivity index (χ0n) is 12.8. The van der Waals surface area contributed by atoms with Crippen molar-refractivity contribution >= 4 is 35.2 Å². The maximum absolute atomic E-state index is 12.6. The fourth-order valence-electron chi connectivity index (χ4n) is 2.50. The van der Waals surface area contributed by atoms with Gasteiger partial charge in [-0.3, -0.25) is 4.79 Å². The normalized spacial score (nSPS) is 21.0. The second-order valence-electron chi connectivity index (χ2n) is 5.18. The Kier molecular flexibility index (Phi) is 6.15. The highest BCUT2D eigenvalue weighted by Gasteiger charge is 2.42. The molecule has 0 saturated carbocycles. The van der Waals surface area contributed by atoms with E-state index in [9.17, 15) is 9.59 Å². The van der Waals surface area contributed by atoms with Crippen LogP contribution in [0.1, 0.15) is 37.1 Å². The lowest BCUT2D eigenvalue weighted by Crippen LogP contribution is -2.43. The number of halogens is 1. The number of esters is 1. The number of nitrogens with zero attached hydrogens (tertiary/aromatic N) is 1. The standard InChI is InChI=1S/C16H20ClNO3S/c1-3-4-8-14(19)18-13(16(20)21-2)10-22-15(18)11-6-5-7-12(17)9-11/h5-7,9,13,15H,3-4,8,10H2,1-2H3. The van der Waals surface area contributed by atoms with E-state index in [1.54, 1.807) is 22.7 Å². The van der Waals surface area contributed by atoms with Crippen LogP contribution in [0.25, 0.3) is 0 Å². The zero-order chi connectivity index (χ0) is 16.1. The number of carbonyl (C=O) groups is 2. The summed E-state index contributed by atoms with van der Waals surface area (Å²) in [4.78, 5) is 26.2. The number of rotatable bonds is 5. The van der Waals surface area contributed by atoms with E-state index in [4.69, 9.17) is 16.3 Å². The topological polar surface area (TPSA) is 46.6 Å². The van der Waals surface area contributed by atoms with Gasteiger partial charge in [-0.15, -0.1) is 11.8 Å². The molecule has 0 radical (unpaired) electrons. The zero-order valence-corrected chi connectivity index (χ0v) is 14.3. The van der Waals surface area contributed by atoms with E-state index < -0.39 is 6.04 Å². The monoisotopic (exact) mass is 341 g/mol. The van der Waals surface area contributed by atoms with Gasteiger partial charge >= 0.3 is 5.97 Å². The second-order valence-corrected chi connectivity index (χ2v) is 6.73. The first-order valence-electron chi connectivity index (χ1n) is 7.34. The van der Waals surface area contributed by atoms with Crippen molar-refractivity contribution in [1.29, 1.82) is 0 Å². The Balaban J connectivity index is 2.27. The van der Waals surface area contributed by atoms with Crippen molar-refractivity contribution in [3.05, 3.63) is 34.9 Å². The van der Waals surface area contributed by atoms with Crippen molar-refractivity contribution in [2.45, 2.75) is 37.6 Å². The molecule has 0 N–H and O–H groups in total. The van der Waals surface area contributed by atoms with Gasteiger partial charge in [-0.1, -0.05) is 37.1 Å². The first-order valence-corrected chi connectivity index (χ1v) is 8.77. The van der Waals surface area contributed by atoms with Crippen LogP contribution >= 0.6 is 23.4 Å². The molecule has 1 saturated heterocycles. The molecule has 1 heterocycles. The summed E-state index contributed by atoms with van der Waals surface area (Å²) in [6.45, 7) is 2.04. The molecule has 0 aliphatic carbocycles.